The van der Waals surface area contributed by atoms with Crippen LogP contribution in [0.15, 0.2) is 48.5 Å². The van der Waals surface area contributed by atoms with Crippen LogP contribution < -0.4 is 16.0 Å². The number of hydrogen-bond donors (Lipinski definition) is 3. The minimum absolute atomic E-state index is 0.0250. The number of amides is 2. The summed E-state index contributed by atoms with van der Waals surface area (Å²) < 4.78 is 0. The Labute approximate surface area is 179 Å². The van der Waals surface area contributed by atoms with Crippen molar-refractivity contribution in [1.29, 1.82) is 0 Å². The standard InChI is InChI=1S/C21H22N4O4S/c26-19(22-15-8-2-1-3-9-15)14-7-6-10-16(13-14)23-21(30)24-20(27)17-11-4-5-12-18(17)25(28)29/h4-7,10-13,15H,1-3,8-9H2,(H,22,26)(H2,23,24,27,30). The van der Waals surface area contributed by atoms with Crippen LogP contribution in [0.3, 0.4) is 0 Å². The van der Waals surface area contributed by atoms with Gasteiger partial charge in [-0.25, -0.2) is 0 Å². The minimum Gasteiger partial charge on any atom is -0.349 e. The molecule has 1 aliphatic rings. The molecule has 2 aromatic rings. The minimum atomic E-state index is -0.689. The van der Waals surface area contributed by atoms with Crippen molar-refractivity contribution in [3.8, 4) is 0 Å². The molecule has 9 heteroatoms. The summed E-state index contributed by atoms with van der Waals surface area (Å²) in [4.78, 5) is 35.3. The molecule has 0 unspecified atom stereocenters. The van der Waals surface area contributed by atoms with Crippen molar-refractivity contribution < 1.29 is 14.5 Å². The molecular formula is C21H22N4O4S. The van der Waals surface area contributed by atoms with Gasteiger partial charge in [-0.1, -0.05) is 37.5 Å². The number of carbonyl (C=O) groups excluding carboxylic acids is 2. The zero-order chi connectivity index (χ0) is 21.5. The fourth-order valence-electron chi connectivity index (χ4n) is 3.41. The van der Waals surface area contributed by atoms with E-state index in [0.29, 0.717) is 11.3 Å². The SMILES string of the molecule is O=C(NC1CCCCC1)c1cccc(NC(=S)NC(=O)c2ccccc2[N+](=O)[O-])c1. The van der Waals surface area contributed by atoms with E-state index in [-0.39, 0.29) is 28.3 Å². The van der Waals surface area contributed by atoms with Crippen LogP contribution in [-0.4, -0.2) is 27.9 Å². The molecule has 0 spiro atoms. The van der Waals surface area contributed by atoms with Gasteiger partial charge in [0.2, 0.25) is 0 Å². The first-order valence-corrected chi connectivity index (χ1v) is 10.1. The van der Waals surface area contributed by atoms with Crippen LogP contribution in [0.4, 0.5) is 11.4 Å². The summed E-state index contributed by atoms with van der Waals surface area (Å²) in [5.41, 5.74) is 0.615. The second-order valence-electron chi connectivity index (χ2n) is 7.07. The number of rotatable bonds is 5. The van der Waals surface area contributed by atoms with Crippen LogP contribution in [0.1, 0.15) is 52.8 Å². The molecule has 0 saturated heterocycles. The number of anilines is 1. The van der Waals surface area contributed by atoms with E-state index in [4.69, 9.17) is 12.2 Å². The van der Waals surface area contributed by atoms with Crippen molar-refractivity contribution in [1.82, 2.24) is 10.6 Å². The third-order valence-electron chi connectivity index (χ3n) is 4.90. The van der Waals surface area contributed by atoms with E-state index in [2.05, 4.69) is 16.0 Å². The lowest BCUT2D eigenvalue weighted by Crippen LogP contribution is -2.36. The Balaban J connectivity index is 1.61. The zero-order valence-electron chi connectivity index (χ0n) is 16.2. The van der Waals surface area contributed by atoms with Gasteiger partial charge in [0, 0.05) is 23.4 Å². The van der Waals surface area contributed by atoms with E-state index in [0.717, 1.165) is 25.7 Å². The molecule has 0 radical (unpaired) electrons. The van der Waals surface area contributed by atoms with E-state index >= 15 is 0 Å². The first-order valence-electron chi connectivity index (χ1n) is 9.71. The number of benzene rings is 2. The lowest BCUT2D eigenvalue weighted by molar-refractivity contribution is -0.385. The van der Waals surface area contributed by atoms with Gasteiger partial charge >= 0.3 is 0 Å². The van der Waals surface area contributed by atoms with Crippen LogP contribution in [0.5, 0.6) is 0 Å². The molecule has 2 amide bonds. The predicted molar refractivity (Wildman–Crippen MR) is 118 cm³/mol. The van der Waals surface area contributed by atoms with E-state index < -0.39 is 10.8 Å². The van der Waals surface area contributed by atoms with Crippen LogP contribution in [0.2, 0.25) is 0 Å². The number of para-hydroxylation sites is 1. The van der Waals surface area contributed by atoms with Crippen molar-refractivity contribution in [2.45, 2.75) is 38.1 Å². The molecule has 156 valence electrons. The molecule has 3 N–H and O–H groups in total. The molecule has 1 aliphatic carbocycles. The molecule has 2 aromatic carbocycles. The first-order chi connectivity index (χ1) is 14.4. The summed E-state index contributed by atoms with van der Waals surface area (Å²) in [7, 11) is 0. The van der Waals surface area contributed by atoms with Crippen molar-refractivity contribution in [3.05, 3.63) is 69.8 Å². The highest BCUT2D eigenvalue weighted by Crippen LogP contribution is 2.19. The van der Waals surface area contributed by atoms with Gasteiger partial charge in [-0.05, 0) is 49.3 Å². The van der Waals surface area contributed by atoms with Gasteiger partial charge in [0.05, 0.1) is 4.92 Å². The second-order valence-corrected chi connectivity index (χ2v) is 7.48. The summed E-state index contributed by atoms with van der Waals surface area (Å²) >= 11 is 5.15. The van der Waals surface area contributed by atoms with Gasteiger partial charge < -0.3 is 10.6 Å². The lowest BCUT2D eigenvalue weighted by Gasteiger charge is -2.22. The summed E-state index contributed by atoms with van der Waals surface area (Å²) in [6.45, 7) is 0. The van der Waals surface area contributed by atoms with E-state index in [9.17, 15) is 19.7 Å². The Bertz CT molecular complexity index is 973. The van der Waals surface area contributed by atoms with Crippen LogP contribution in [0, 0.1) is 10.1 Å². The fourth-order valence-corrected chi connectivity index (χ4v) is 3.62. The zero-order valence-corrected chi connectivity index (χ0v) is 17.0. The molecule has 0 aliphatic heterocycles. The van der Waals surface area contributed by atoms with Gasteiger partial charge in [0.1, 0.15) is 5.56 Å². The van der Waals surface area contributed by atoms with Crippen molar-refractivity contribution >= 4 is 40.5 Å². The van der Waals surface area contributed by atoms with Gasteiger partial charge in [-0.15, -0.1) is 0 Å². The molecule has 0 heterocycles. The Kier molecular flexibility index (Phi) is 7.08. The average molecular weight is 426 g/mol. The number of carbonyl (C=O) groups is 2. The molecule has 0 atom stereocenters. The predicted octanol–water partition coefficient (Wildman–Crippen LogP) is 3.78. The number of nitrogens with one attached hydrogen (secondary N) is 3. The van der Waals surface area contributed by atoms with Crippen LogP contribution in [0.25, 0.3) is 0 Å². The summed E-state index contributed by atoms with van der Waals surface area (Å²) in [6.07, 6.45) is 5.44. The van der Waals surface area contributed by atoms with E-state index in [1.807, 2.05) is 0 Å². The third-order valence-corrected chi connectivity index (χ3v) is 5.10. The van der Waals surface area contributed by atoms with Gasteiger partial charge in [-0.2, -0.15) is 0 Å². The van der Waals surface area contributed by atoms with E-state index in [1.54, 1.807) is 24.3 Å². The van der Waals surface area contributed by atoms with Crippen molar-refractivity contribution in [2.75, 3.05) is 5.32 Å². The molecule has 0 bridgehead atoms. The maximum Gasteiger partial charge on any atom is 0.282 e. The second kappa shape index (κ2) is 9.93. The average Bonchev–Trinajstić information content (AvgIpc) is 2.74. The van der Waals surface area contributed by atoms with Gasteiger partial charge in [0.25, 0.3) is 17.5 Å². The molecule has 3 rings (SSSR count). The van der Waals surface area contributed by atoms with Crippen molar-refractivity contribution in [3.63, 3.8) is 0 Å². The van der Waals surface area contributed by atoms with Gasteiger partial charge in [-0.3, -0.25) is 25.0 Å². The smallest absolute Gasteiger partial charge is 0.282 e. The lowest BCUT2D eigenvalue weighted by atomic mass is 9.95. The topological polar surface area (TPSA) is 113 Å². The Morgan fingerprint density at radius 2 is 1.73 bits per heavy atom. The molecular weight excluding hydrogens is 404 g/mol. The van der Waals surface area contributed by atoms with E-state index in [1.165, 1.54) is 30.7 Å². The summed E-state index contributed by atoms with van der Waals surface area (Å²) in [5, 5.41) is 19.4. The van der Waals surface area contributed by atoms with Gasteiger partial charge in [0.15, 0.2) is 5.11 Å². The third kappa shape index (κ3) is 5.60. The molecule has 30 heavy (non-hydrogen) atoms. The Morgan fingerprint density at radius 3 is 2.47 bits per heavy atom. The summed E-state index contributed by atoms with van der Waals surface area (Å²) in [6, 6.07) is 12.6. The molecule has 0 aromatic heterocycles. The monoisotopic (exact) mass is 426 g/mol. The maximum atomic E-state index is 12.5. The van der Waals surface area contributed by atoms with Crippen LogP contribution >= 0.6 is 12.2 Å². The fraction of sp³-hybridized carbons (Fsp3) is 0.286. The molecule has 8 nitrogen and oxygen atoms in total. The number of hydrogen-bond acceptors (Lipinski definition) is 5. The Hall–Kier alpha value is -3.33. The number of nitrogens with zero attached hydrogens (tertiary/aromatic N) is 1. The quantitative estimate of drug-likeness (QED) is 0.381. The largest absolute Gasteiger partial charge is 0.349 e. The maximum absolute atomic E-state index is 12.5. The number of nitro groups is 1. The number of thiocarbonyl (C=S) groups is 1. The first kappa shape index (κ1) is 21.4. The highest BCUT2D eigenvalue weighted by atomic mass is 32.1. The normalized spacial score (nSPS) is 13.9. The highest BCUT2D eigenvalue weighted by Gasteiger charge is 2.20. The summed E-state index contributed by atoms with van der Waals surface area (Å²) in [5.74, 6) is -0.841. The molecule has 1 fully saturated rings. The van der Waals surface area contributed by atoms with Crippen LogP contribution in [-0.2, 0) is 0 Å². The Morgan fingerprint density at radius 1 is 1.00 bits per heavy atom. The highest BCUT2D eigenvalue weighted by molar-refractivity contribution is 7.80. The molecule has 1 saturated carbocycles. The van der Waals surface area contributed by atoms with Crippen molar-refractivity contribution in [2.24, 2.45) is 0 Å². The number of nitro benzene ring substituents is 1.